The predicted molar refractivity (Wildman–Crippen MR) is 92.1 cm³/mol. The maximum absolute atomic E-state index is 12.7. The number of rotatable bonds is 5. The van der Waals surface area contributed by atoms with Crippen molar-refractivity contribution in [3.63, 3.8) is 0 Å². The van der Waals surface area contributed by atoms with Gasteiger partial charge >= 0.3 is 0 Å². The van der Waals surface area contributed by atoms with Crippen LogP contribution in [0.5, 0.6) is 0 Å². The minimum Gasteiger partial charge on any atom is -0.336 e. The van der Waals surface area contributed by atoms with Crippen molar-refractivity contribution in [2.24, 2.45) is 0 Å². The smallest absolute Gasteiger partial charge is 0.255 e. The number of halogens is 1. The molecule has 2 amide bonds. The number of nitrogens with zero attached hydrogens (tertiary/aromatic N) is 2. The number of nitrogens with one attached hydrogen (secondary N) is 2. The lowest BCUT2D eigenvalue weighted by Gasteiger charge is -2.17. The Morgan fingerprint density at radius 3 is 2.79 bits per heavy atom. The Kier molecular flexibility index (Phi) is 4.57. The SMILES string of the molecule is CC(=O)Nc1ccc(Cl)c(C(=O)N(C)Cc2cc(C3CC3)n[nH]2)c1. The summed E-state index contributed by atoms with van der Waals surface area (Å²) in [6.07, 6.45) is 2.37. The van der Waals surface area contributed by atoms with Gasteiger partial charge in [-0.2, -0.15) is 5.10 Å². The highest BCUT2D eigenvalue weighted by molar-refractivity contribution is 6.34. The summed E-state index contributed by atoms with van der Waals surface area (Å²) >= 11 is 6.15. The molecule has 0 saturated heterocycles. The van der Waals surface area contributed by atoms with Crippen LogP contribution in [0.3, 0.4) is 0 Å². The van der Waals surface area contributed by atoms with E-state index >= 15 is 0 Å². The van der Waals surface area contributed by atoms with Crippen molar-refractivity contribution in [1.29, 1.82) is 0 Å². The Bertz CT molecular complexity index is 783. The normalized spacial score (nSPS) is 13.6. The third-order valence-corrected chi connectivity index (χ3v) is 4.25. The Morgan fingerprint density at radius 1 is 1.38 bits per heavy atom. The number of benzene rings is 1. The second-order valence-electron chi connectivity index (χ2n) is 6.13. The molecule has 0 radical (unpaired) electrons. The molecule has 0 aliphatic heterocycles. The van der Waals surface area contributed by atoms with Crippen LogP contribution >= 0.6 is 11.6 Å². The molecule has 24 heavy (non-hydrogen) atoms. The molecule has 126 valence electrons. The molecule has 1 aromatic carbocycles. The quantitative estimate of drug-likeness (QED) is 0.872. The molecule has 2 N–H and O–H groups in total. The molecule has 1 heterocycles. The summed E-state index contributed by atoms with van der Waals surface area (Å²) in [5.74, 6) is 0.156. The number of carbonyl (C=O) groups excluding carboxylic acids is 2. The predicted octanol–water partition coefficient (Wildman–Crippen LogP) is 3.17. The highest BCUT2D eigenvalue weighted by atomic mass is 35.5. The zero-order valence-corrected chi connectivity index (χ0v) is 14.4. The van der Waals surface area contributed by atoms with Crippen molar-refractivity contribution in [3.05, 3.63) is 46.2 Å². The van der Waals surface area contributed by atoms with E-state index in [0.29, 0.717) is 28.7 Å². The summed E-state index contributed by atoms with van der Waals surface area (Å²) in [6, 6.07) is 6.87. The largest absolute Gasteiger partial charge is 0.336 e. The van der Waals surface area contributed by atoms with Crippen molar-refractivity contribution >= 4 is 29.1 Å². The first-order chi connectivity index (χ1) is 11.4. The maximum atomic E-state index is 12.7. The first kappa shape index (κ1) is 16.5. The molecule has 1 fully saturated rings. The second kappa shape index (κ2) is 6.65. The van der Waals surface area contributed by atoms with Gasteiger partial charge < -0.3 is 10.2 Å². The van der Waals surface area contributed by atoms with Crippen LogP contribution in [-0.2, 0) is 11.3 Å². The molecule has 1 saturated carbocycles. The van der Waals surface area contributed by atoms with Gasteiger partial charge in [0.2, 0.25) is 5.91 Å². The first-order valence-electron chi connectivity index (χ1n) is 7.81. The summed E-state index contributed by atoms with van der Waals surface area (Å²) in [7, 11) is 1.71. The number of aromatic amines is 1. The Balaban J connectivity index is 1.73. The first-order valence-corrected chi connectivity index (χ1v) is 8.18. The number of hydrogen-bond acceptors (Lipinski definition) is 3. The van der Waals surface area contributed by atoms with E-state index < -0.39 is 0 Å². The van der Waals surface area contributed by atoms with Gasteiger partial charge in [-0.25, -0.2) is 0 Å². The van der Waals surface area contributed by atoms with Gasteiger partial charge in [0, 0.05) is 25.6 Å². The van der Waals surface area contributed by atoms with Gasteiger partial charge in [-0.1, -0.05) is 11.6 Å². The van der Waals surface area contributed by atoms with E-state index in [4.69, 9.17) is 11.6 Å². The highest BCUT2D eigenvalue weighted by Crippen LogP contribution is 2.39. The zero-order valence-electron chi connectivity index (χ0n) is 13.6. The number of anilines is 1. The molecule has 6 nitrogen and oxygen atoms in total. The summed E-state index contributed by atoms with van der Waals surface area (Å²) in [5, 5.41) is 10.3. The van der Waals surface area contributed by atoms with E-state index in [1.54, 1.807) is 30.1 Å². The fraction of sp³-hybridized carbons (Fsp3) is 0.353. The van der Waals surface area contributed by atoms with Crippen molar-refractivity contribution in [2.75, 3.05) is 12.4 Å². The van der Waals surface area contributed by atoms with Gasteiger partial charge in [-0.3, -0.25) is 14.7 Å². The Labute approximate surface area is 145 Å². The number of H-pyrrole nitrogens is 1. The van der Waals surface area contributed by atoms with Crippen LogP contribution in [-0.4, -0.2) is 34.0 Å². The molecule has 0 atom stereocenters. The molecule has 1 aliphatic rings. The summed E-state index contributed by atoms with van der Waals surface area (Å²) < 4.78 is 0. The van der Waals surface area contributed by atoms with Crippen molar-refractivity contribution in [1.82, 2.24) is 15.1 Å². The molecular formula is C17H19ClN4O2. The van der Waals surface area contributed by atoms with Crippen LogP contribution in [0.25, 0.3) is 0 Å². The Morgan fingerprint density at radius 2 is 2.12 bits per heavy atom. The van der Waals surface area contributed by atoms with Crippen LogP contribution in [0.1, 0.15) is 47.4 Å². The zero-order chi connectivity index (χ0) is 17.3. The van der Waals surface area contributed by atoms with Gasteiger partial charge in [-0.05, 0) is 37.1 Å². The van der Waals surface area contributed by atoms with Crippen LogP contribution in [0.2, 0.25) is 5.02 Å². The third-order valence-electron chi connectivity index (χ3n) is 3.92. The summed E-state index contributed by atoms with van der Waals surface area (Å²) in [6.45, 7) is 1.83. The number of hydrogen-bond donors (Lipinski definition) is 2. The number of amides is 2. The minimum absolute atomic E-state index is 0.200. The van der Waals surface area contributed by atoms with Gasteiger partial charge in [0.1, 0.15) is 0 Å². The van der Waals surface area contributed by atoms with Gasteiger partial charge in [0.05, 0.1) is 28.5 Å². The highest BCUT2D eigenvalue weighted by Gasteiger charge is 2.26. The number of aromatic nitrogens is 2. The van der Waals surface area contributed by atoms with Crippen LogP contribution in [0.15, 0.2) is 24.3 Å². The lowest BCUT2D eigenvalue weighted by molar-refractivity contribution is -0.114. The van der Waals surface area contributed by atoms with E-state index in [1.807, 2.05) is 6.07 Å². The number of carbonyl (C=O) groups is 2. The molecule has 3 rings (SSSR count). The third kappa shape index (κ3) is 3.76. The average molecular weight is 347 g/mol. The molecule has 0 unspecified atom stereocenters. The average Bonchev–Trinajstić information content (AvgIpc) is 3.28. The minimum atomic E-state index is -0.213. The lowest BCUT2D eigenvalue weighted by Crippen LogP contribution is -2.26. The van der Waals surface area contributed by atoms with Gasteiger partial charge in [0.15, 0.2) is 0 Å². The van der Waals surface area contributed by atoms with Crippen LogP contribution in [0, 0.1) is 0 Å². The molecule has 1 aliphatic carbocycles. The van der Waals surface area contributed by atoms with Gasteiger partial charge in [0.25, 0.3) is 5.91 Å². The fourth-order valence-electron chi connectivity index (χ4n) is 2.55. The van der Waals surface area contributed by atoms with Crippen molar-refractivity contribution < 1.29 is 9.59 Å². The van der Waals surface area contributed by atoms with E-state index in [9.17, 15) is 9.59 Å². The second-order valence-corrected chi connectivity index (χ2v) is 6.54. The van der Waals surface area contributed by atoms with E-state index in [2.05, 4.69) is 15.5 Å². The summed E-state index contributed by atoms with van der Waals surface area (Å²) in [4.78, 5) is 25.4. The molecule has 0 spiro atoms. The summed E-state index contributed by atoms with van der Waals surface area (Å²) in [5.41, 5.74) is 2.85. The lowest BCUT2D eigenvalue weighted by atomic mass is 10.1. The van der Waals surface area contributed by atoms with Gasteiger partial charge in [-0.15, -0.1) is 0 Å². The van der Waals surface area contributed by atoms with Crippen LogP contribution in [0.4, 0.5) is 5.69 Å². The van der Waals surface area contributed by atoms with E-state index in [1.165, 1.54) is 19.8 Å². The molecule has 2 aromatic rings. The standard InChI is InChI=1S/C17H19ClN4O2/c1-10(23)19-12-5-6-15(18)14(7-12)17(24)22(2)9-13-8-16(21-20-13)11-3-4-11/h5-8,11H,3-4,9H2,1-2H3,(H,19,23)(H,20,21). The topological polar surface area (TPSA) is 78.1 Å². The molecular weight excluding hydrogens is 328 g/mol. The Hall–Kier alpha value is -2.34. The van der Waals surface area contributed by atoms with Crippen molar-refractivity contribution in [2.45, 2.75) is 32.2 Å². The molecule has 0 bridgehead atoms. The molecule has 1 aromatic heterocycles. The molecule has 7 heteroatoms. The monoisotopic (exact) mass is 346 g/mol. The van der Waals surface area contributed by atoms with E-state index in [-0.39, 0.29) is 11.8 Å². The van der Waals surface area contributed by atoms with Crippen molar-refractivity contribution in [3.8, 4) is 0 Å². The van der Waals surface area contributed by atoms with Crippen LogP contribution < -0.4 is 5.32 Å². The maximum Gasteiger partial charge on any atom is 0.255 e. The van der Waals surface area contributed by atoms with E-state index in [0.717, 1.165) is 11.4 Å². The fourth-order valence-corrected chi connectivity index (χ4v) is 2.75.